The van der Waals surface area contributed by atoms with E-state index in [4.69, 9.17) is 0 Å². The van der Waals surface area contributed by atoms with E-state index >= 15 is 0 Å². The van der Waals surface area contributed by atoms with Gasteiger partial charge in [-0.1, -0.05) is 0 Å². The van der Waals surface area contributed by atoms with E-state index in [1.54, 1.807) is 6.33 Å². The molecule has 1 aliphatic heterocycles. The van der Waals surface area contributed by atoms with Crippen LogP contribution >= 0.6 is 0 Å². The predicted octanol–water partition coefficient (Wildman–Crippen LogP) is 1.10. The van der Waals surface area contributed by atoms with Crippen LogP contribution < -0.4 is 10.6 Å². The quantitative estimate of drug-likeness (QED) is 0.752. The minimum atomic E-state index is 0.862. The summed E-state index contributed by atoms with van der Waals surface area (Å²) in [7, 11) is 0. The molecule has 0 bridgehead atoms. The molecule has 3 rings (SSSR count). The van der Waals surface area contributed by atoms with Gasteiger partial charge in [-0.05, 0) is 12.1 Å². The first kappa shape index (κ1) is 11.2. The van der Waals surface area contributed by atoms with Gasteiger partial charge in [-0.25, -0.2) is 9.97 Å². The number of aromatic amines is 1. The molecule has 0 amide bonds. The molecule has 0 saturated heterocycles. The van der Waals surface area contributed by atoms with Gasteiger partial charge in [-0.15, -0.1) is 0 Å². The number of aromatic nitrogens is 3. The first-order valence-electron chi connectivity index (χ1n) is 6.33. The second-order valence-corrected chi connectivity index (χ2v) is 4.45. The SMILES string of the molecule is c1c[nH]c(CCNc2ncnc3c2CNCC3)c1. The van der Waals surface area contributed by atoms with Crippen molar-refractivity contribution in [2.75, 3.05) is 18.4 Å². The summed E-state index contributed by atoms with van der Waals surface area (Å²) in [4.78, 5) is 11.9. The van der Waals surface area contributed by atoms with E-state index in [0.717, 1.165) is 38.3 Å². The molecule has 2 aromatic rings. The number of nitrogens with zero attached hydrogens (tertiary/aromatic N) is 2. The molecule has 1 aliphatic rings. The Kier molecular flexibility index (Phi) is 3.23. The number of rotatable bonds is 4. The Morgan fingerprint density at radius 2 is 2.33 bits per heavy atom. The van der Waals surface area contributed by atoms with Gasteiger partial charge in [-0.3, -0.25) is 0 Å². The first-order valence-corrected chi connectivity index (χ1v) is 6.33. The second-order valence-electron chi connectivity index (χ2n) is 4.45. The molecule has 0 aliphatic carbocycles. The molecule has 5 nitrogen and oxygen atoms in total. The number of anilines is 1. The Hall–Kier alpha value is -1.88. The molecule has 94 valence electrons. The number of fused-ring (bicyclic) bond motifs is 1. The second kappa shape index (κ2) is 5.18. The van der Waals surface area contributed by atoms with Gasteiger partial charge in [0.05, 0.1) is 5.69 Å². The summed E-state index contributed by atoms with van der Waals surface area (Å²) in [6.45, 7) is 2.75. The largest absolute Gasteiger partial charge is 0.369 e. The first-order chi connectivity index (χ1) is 8.93. The highest BCUT2D eigenvalue weighted by atomic mass is 15.0. The average Bonchev–Trinajstić information content (AvgIpc) is 2.92. The maximum atomic E-state index is 4.34. The van der Waals surface area contributed by atoms with E-state index < -0.39 is 0 Å². The lowest BCUT2D eigenvalue weighted by Gasteiger charge is -2.18. The van der Waals surface area contributed by atoms with Gasteiger partial charge < -0.3 is 15.6 Å². The van der Waals surface area contributed by atoms with Gasteiger partial charge in [0, 0.05) is 49.9 Å². The van der Waals surface area contributed by atoms with Gasteiger partial charge in [0.25, 0.3) is 0 Å². The Labute approximate surface area is 106 Å². The molecule has 0 aromatic carbocycles. The van der Waals surface area contributed by atoms with Crippen LogP contribution in [0.5, 0.6) is 0 Å². The minimum Gasteiger partial charge on any atom is -0.369 e. The van der Waals surface area contributed by atoms with Crippen LogP contribution in [0.1, 0.15) is 17.0 Å². The van der Waals surface area contributed by atoms with Crippen molar-refractivity contribution < 1.29 is 0 Å². The van der Waals surface area contributed by atoms with Crippen LogP contribution in [0.25, 0.3) is 0 Å². The summed E-state index contributed by atoms with van der Waals surface area (Å²) >= 11 is 0. The molecular formula is C13H17N5. The van der Waals surface area contributed by atoms with Crippen LogP contribution in [0.4, 0.5) is 5.82 Å². The third-order valence-corrected chi connectivity index (χ3v) is 3.22. The van der Waals surface area contributed by atoms with E-state index in [0.29, 0.717) is 0 Å². The predicted molar refractivity (Wildman–Crippen MR) is 70.4 cm³/mol. The van der Waals surface area contributed by atoms with Crippen LogP contribution in [-0.2, 0) is 19.4 Å². The molecule has 3 N–H and O–H groups in total. The number of hydrogen-bond acceptors (Lipinski definition) is 4. The fourth-order valence-corrected chi connectivity index (χ4v) is 2.26. The highest BCUT2D eigenvalue weighted by molar-refractivity contribution is 5.46. The van der Waals surface area contributed by atoms with Gasteiger partial charge in [-0.2, -0.15) is 0 Å². The van der Waals surface area contributed by atoms with Crippen molar-refractivity contribution in [2.45, 2.75) is 19.4 Å². The lowest BCUT2D eigenvalue weighted by atomic mass is 10.1. The molecule has 0 unspecified atom stereocenters. The van der Waals surface area contributed by atoms with Crippen LogP contribution in [0.15, 0.2) is 24.7 Å². The summed E-state index contributed by atoms with van der Waals surface area (Å²) in [5, 5.41) is 6.76. The molecule has 0 saturated carbocycles. The van der Waals surface area contributed by atoms with E-state index in [2.05, 4.69) is 31.7 Å². The average molecular weight is 243 g/mol. The van der Waals surface area contributed by atoms with E-state index in [1.165, 1.54) is 17.0 Å². The Balaban J connectivity index is 1.65. The number of nitrogens with one attached hydrogen (secondary N) is 3. The summed E-state index contributed by atoms with van der Waals surface area (Å²) in [6.07, 6.45) is 5.56. The van der Waals surface area contributed by atoms with Crippen molar-refractivity contribution in [3.63, 3.8) is 0 Å². The molecule has 18 heavy (non-hydrogen) atoms. The van der Waals surface area contributed by atoms with Crippen molar-refractivity contribution in [1.82, 2.24) is 20.3 Å². The fourth-order valence-electron chi connectivity index (χ4n) is 2.26. The lowest BCUT2D eigenvalue weighted by molar-refractivity contribution is 0.627. The smallest absolute Gasteiger partial charge is 0.134 e. The van der Waals surface area contributed by atoms with E-state index in [-0.39, 0.29) is 0 Å². The standard InChI is InChI=1S/C13H17N5/c1-2-10(15-5-1)3-7-16-13-11-8-14-6-4-12(11)17-9-18-13/h1-2,5,9,14-15H,3-4,6-8H2,(H,16,17,18). The van der Waals surface area contributed by atoms with E-state index in [9.17, 15) is 0 Å². The van der Waals surface area contributed by atoms with Crippen LogP contribution in [-0.4, -0.2) is 28.0 Å². The van der Waals surface area contributed by atoms with Crippen molar-refractivity contribution in [3.05, 3.63) is 41.6 Å². The normalized spacial score (nSPS) is 14.2. The van der Waals surface area contributed by atoms with Crippen molar-refractivity contribution >= 4 is 5.82 Å². The van der Waals surface area contributed by atoms with Crippen molar-refractivity contribution in [1.29, 1.82) is 0 Å². The number of hydrogen-bond donors (Lipinski definition) is 3. The van der Waals surface area contributed by atoms with Crippen molar-refractivity contribution in [2.24, 2.45) is 0 Å². The Morgan fingerprint density at radius 3 is 3.22 bits per heavy atom. The van der Waals surface area contributed by atoms with Crippen molar-refractivity contribution in [3.8, 4) is 0 Å². The summed E-state index contributed by atoms with van der Waals surface area (Å²) in [5.74, 6) is 0.971. The molecule has 0 fully saturated rings. The fraction of sp³-hybridized carbons (Fsp3) is 0.385. The molecule has 0 spiro atoms. The van der Waals surface area contributed by atoms with Gasteiger partial charge in [0.1, 0.15) is 12.1 Å². The summed E-state index contributed by atoms with van der Waals surface area (Å²) in [6, 6.07) is 4.12. The van der Waals surface area contributed by atoms with Crippen LogP contribution in [0.2, 0.25) is 0 Å². The van der Waals surface area contributed by atoms with Gasteiger partial charge in [0.2, 0.25) is 0 Å². The maximum Gasteiger partial charge on any atom is 0.134 e. The highest BCUT2D eigenvalue weighted by Crippen LogP contribution is 2.18. The molecular weight excluding hydrogens is 226 g/mol. The zero-order valence-electron chi connectivity index (χ0n) is 10.2. The lowest BCUT2D eigenvalue weighted by Crippen LogP contribution is -2.26. The topological polar surface area (TPSA) is 65.6 Å². The maximum absolute atomic E-state index is 4.34. The molecule has 5 heteroatoms. The summed E-state index contributed by atoms with van der Waals surface area (Å²) in [5.41, 5.74) is 3.63. The molecule has 0 radical (unpaired) electrons. The monoisotopic (exact) mass is 243 g/mol. The zero-order chi connectivity index (χ0) is 12.2. The third-order valence-electron chi connectivity index (χ3n) is 3.22. The number of H-pyrrole nitrogens is 1. The van der Waals surface area contributed by atoms with Gasteiger partial charge >= 0.3 is 0 Å². The Morgan fingerprint density at radius 1 is 1.33 bits per heavy atom. The minimum absolute atomic E-state index is 0.862. The Bertz CT molecular complexity index is 506. The molecule has 0 atom stereocenters. The summed E-state index contributed by atoms with van der Waals surface area (Å²) < 4.78 is 0. The van der Waals surface area contributed by atoms with E-state index in [1.807, 2.05) is 12.3 Å². The third kappa shape index (κ3) is 2.36. The zero-order valence-corrected chi connectivity index (χ0v) is 10.2. The van der Waals surface area contributed by atoms with Gasteiger partial charge in [0.15, 0.2) is 0 Å². The molecule has 3 heterocycles. The molecule has 2 aromatic heterocycles. The van der Waals surface area contributed by atoms with Crippen LogP contribution in [0.3, 0.4) is 0 Å². The van der Waals surface area contributed by atoms with Crippen LogP contribution in [0, 0.1) is 0 Å². The highest BCUT2D eigenvalue weighted by Gasteiger charge is 2.14.